The van der Waals surface area contributed by atoms with Crippen LogP contribution in [0, 0.1) is 61.7 Å². The van der Waals surface area contributed by atoms with Crippen LogP contribution in [-0.2, 0) is 6.42 Å². The van der Waals surface area contributed by atoms with Crippen molar-refractivity contribution in [2.24, 2.45) is 0 Å². The first kappa shape index (κ1) is 34.6. The lowest BCUT2D eigenvalue weighted by Gasteiger charge is -2.05. The van der Waals surface area contributed by atoms with Crippen LogP contribution in [0.3, 0.4) is 0 Å². The van der Waals surface area contributed by atoms with Gasteiger partial charge in [-0.1, -0.05) is 117 Å². The minimum atomic E-state index is 0.957. The van der Waals surface area contributed by atoms with Gasteiger partial charge in [0.2, 0.25) is 0 Å². The van der Waals surface area contributed by atoms with E-state index in [1.165, 1.54) is 111 Å². The molecule has 254 valence electrons. The standard InChI is InChI=1S/C50H36S3/c1-5-7-9-11-12-14-16-40-32-47(36-20-18-35(19-21-36)46-31-37(34(4)51-46)15-13-10-8-6-2)52-48(40)41-24-26-43-39(30-41)23-28-45-44-27-22-38-29-33(3)17-25-42(38)49(44)53-50(43)45/h1,17-32H,6,8,10,13,15H2,2-4H3. The average molecular weight is 733 g/mol. The van der Waals surface area contributed by atoms with Crippen LogP contribution in [0.5, 0.6) is 0 Å². The molecule has 0 fully saturated rings. The molecule has 0 unspecified atom stereocenters. The van der Waals surface area contributed by atoms with Gasteiger partial charge in [-0.05, 0) is 124 Å². The SMILES string of the molecule is C#CC#CC#CC#Cc1cc(-c2ccc(-c3cc(CCCCCC)c(C)s3)cc2)sc1-c1ccc2c(ccc3c4ccc5cc(C)ccc5c4sc23)c1. The third kappa shape index (κ3) is 7.02. The lowest BCUT2D eigenvalue weighted by molar-refractivity contribution is 0.666. The van der Waals surface area contributed by atoms with Gasteiger partial charge in [0.05, 0.1) is 4.88 Å². The quantitative estimate of drug-likeness (QED) is 0.108. The molecule has 0 radical (unpaired) electrons. The zero-order valence-electron chi connectivity index (χ0n) is 30.1. The number of hydrogen-bond acceptors (Lipinski definition) is 3. The molecule has 0 amide bonds. The largest absolute Gasteiger partial charge is 0.140 e. The Morgan fingerprint density at radius 3 is 1.89 bits per heavy atom. The Morgan fingerprint density at radius 1 is 0.547 bits per heavy atom. The number of hydrogen-bond donors (Lipinski definition) is 0. The fourth-order valence-electron chi connectivity index (χ4n) is 7.13. The molecule has 3 aromatic heterocycles. The van der Waals surface area contributed by atoms with Crippen LogP contribution in [0.4, 0.5) is 0 Å². The molecule has 5 aromatic carbocycles. The van der Waals surface area contributed by atoms with Crippen molar-refractivity contribution in [3.8, 4) is 79.2 Å². The number of benzene rings is 5. The minimum absolute atomic E-state index is 0.957. The average Bonchev–Trinajstić information content (AvgIpc) is 3.89. The third-order valence-electron chi connectivity index (χ3n) is 9.88. The molecule has 0 N–H and O–H groups in total. The Morgan fingerprint density at radius 2 is 1.17 bits per heavy atom. The van der Waals surface area contributed by atoms with Crippen LogP contribution >= 0.6 is 34.0 Å². The van der Waals surface area contributed by atoms with Crippen molar-refractivity contribution < 1.29 is 0 Å². The molecule has 0 aliphatic rings. The van der Waals surface area contributed by atoms with Crippen molar-refractivity contribution in [1.82, 2.24) is 0 Å². The van der Waals surface area contributed by atoms with E-state index in [4.69, 9.17) is 6.42 Å². The van der Waals surface area contributed by atoms with E-state index in [-0.39, 0.29) is 0 Å². The molecule has 0 aliphatic carbocycles. The molecule has 3 heterocycles. The Kier molecular flexibility index (Phi) is 9.92. The van der Waals surface area contributed by atoms with Crippen molar-refractivity contribution in [3.05, 3.63) is 119 Å². The first-order chi connectivity index (χ1) is 26.0. The highest BCUT2D eigenvalue weighted by atomic mass is 32.1. The van der Waals surface area contributed by atoms with Gasteiger partial charge < -0.3 is 0 Å². The number of thiophene rings is 3. The minimum Gasteiger partial charge on any atom is -0.140 e. The summed E-state index contributed by atoms with van der Waals surface area (Å²) in [5.74, 6) is 19.4. The van der Waals surface area contributed by atoms with Gasteiger partial charge in [-0.2, -0.15) is 0 Å². The molecular formula is C50H36S3. The van der Waals surface area contributed by atoms with E-state index in [9.17, 15) is 0 Å². The fourth-order valence-corrected chi connectivity index (χ4v) is 10.7. The van der Waals surface area contributed by atoms with Crippen molar-refractivity contribution in [1.29, 1.82) is 0 Å². The molecule has 53 heavy (non-hydrogen) atoms. The van der Waals surface area contributed by atoms with Crippen molar-refractivity contribution in [2.75, 3.05) is 0 Å². The summed E-state index contributed by atoms with van der Waals surface area (Å²) in [5.41, 5.74) is 7.34. The van der Waals surface area contributed by atoms with Crippen LogP contribution < -0.4 is 0 Å². The second-order valence-electron chi connectivity index (χ2n) is 13.5. The highest BCUT2D eigenvalue weighted by Gasteiger charge is 2.16. The highest BCUT2D eigenvalue weighted by Crippen LogP contribution is 2.44. The van der Waals surface area contributed by atoms with E-state index < -0.39 is 0 Å². The molecule has 0 bridgehead atoms. The fraction of sp³-hybridized carbons (Fsp3) is 0.160. The molecule has 8 rings (SSSR count). The van der Waals surface area contributed by atoms with Gasteiger partial charge in [0.1, 0.15) is 0 Å². The van der Waals surface area contributed by atoms with E-state index >= 15 is 0 Å². The number of terminal acetylenes is 1. The first-order valence-corrected chi connectivity index (χ1v) is 20.5. The van der Waals surface area contributed by atoms with E-state index in [2.05, 4.69) is 159 Å². The Hall–Kier alpha value is -5.52. The lowest BCUT2D eigenvalue weighted by Crippen LogP contribution is -1.85. The Balaban J connectivity index is 1.15. The van der Waals surface area contributed by atoms with Crippen LogP contribution in [-0.4, -0.2) is 0 Å². The van der Waals surface area contributed by atoms with E-state index in [0.717, 1.165) is 16.0 Å². The number of rotatable bonds is 8. The van der Waals surface area contributed by atoms with Gasteiger partial charge in [-0.15, -0.1) is 40.4 Å². The molecular weight excluding hydrogens is 697 g/mol. The topological polar surface area (TPSA) is 0 Å². The maximum absolute atomic E-state index is 5.24. The monoisotopic (exact) mass is 732 g/mol. The first-order valence-electron chi connectivity index (χ1n) is 18.1. The number of aryl methyl sites for hydroxylation is 3. The lowest BCUT2D eigenvalue weighted by atomic mass is 10.0. The normalized spacial score (nSPS) is 10.8. The summed E-state index contributed by atoms with van der Waals surface area (Å²) in [4.78, 5) is 5.09. The maximum atomic E-state index is 5.24. The zero-order chi connectivity index (χ0) is 36.3. The van der Waals surface area contributed by atoms with Gasteiger partial charge in [0.25, 0.3) is 0 Å². The summed E-state index contributed by atoms with van der Waals surface area (Å²) in [6, 6.07) is 36.3. The van der Waals surface area contributed by atoms with Crippen LogP contribution in [0.25, 0.3) is 73.0 Å². The zero-order valence-corrected chi connectivity index (χ0v) is 32.5. The van der Waals surface area contributed by atoms with Crippen LogP contribution in [0.1, 0.15) is 54.2 Å². The summed E-state index contributed by atoms with van der Waals surface area (Å²) >= 11 is 5.59. The smallest absolute Gasteiger partial charge is 0.0506 e. The summed E-state index contributed by atoms with van der Waals surface area (Å²) in [7, 11) is 0. The maximum Gasteiger partial charge on any atom is 0.0506 e. The molecule has 0 saturated carbocycles. The Bertz CT molecular complexity index is 2920. The second kappa shape index (κ2) is 15.2. The summed E-state index contributed by atoms with van der Waals surface area (Å²) in [6.45, 7) is 6.69. The molecule has 0 aliphatic heterocycles. The molecule has 3 heteroatoms. The van der Waals surface area contributed by atoms with E-state index in [1.54, 1.807) is 11.3 Å². The number of fused-ring (bicyclic) bond motifs is 7. The van der Waals surface area contributed by atoms with Crippen molar-refractivity contribution >= 4 is 75.7 Å². The van der Waals surface area contributed by atoms with E-state index in [1.807, 2.05) is 22.7 Å². The molecule has 8 aromatic rings. The Labute approximate surface area is 324 Å². The molecule has 0 saturated heterocycles. The third-order valence-corrected chi connectivity index (χ3v) is 13.5. The van der Waals surface area contributed by atoms with Crippen LogP contribution in [0.15, 0.2) is 97.1 Å². The molecule has 0 nitrogen and oxygen atoms in total. The molecule has 0 atom stereocenters. The van der Waals surface area contributed by atoms with Gasteiger partial charge in [0, 0.05) is 40.4 Å². The van der Waals surface area contributed by atoms with Crippen molar-refractivity contribution in [2.45, 2.75) is 52.9 Å². The van der Waals surface area contributed by atoms with Gasteiger partial charge in [-0.3, -0.25) is 0 Å². The summed E-state index contributed by atoms with van der Waals surface area (Å²) < 4.78 is 2.68. The van der Waals surface area contributed by atoms with Gasteiger partial charge in [0.15, 0.2) is 0 Å². The van der Waals surface area contributed by atoms with Crippen LogP contribution in [0.2, 0.25) is 0 Å². The van der Waals surface area contributed by atoms with Crippen molar-refractivity contribution in [3.63, 3.8) is 0 Å². The predicted molar refractivity (Wildman–Crippen MR) is 235 cm³/mol. The predicted octanol–water partition coefficient (Wildman–Crippen LogP) is 14.2. The summed E-state index contributed by atoms with van der Waals surface area (Å²) in [6.07, 6.45) is 11.6. The van der Waals surface area contributed by atoms with E-state index in [0.29, 0.717) is 0 Å². The molecule has 0 spiro atoms. The second-order valence-corrected chi connectivity index (χ2v) is 16.8. The van der Waals surface area contributed by atoms with Gasteiger partial charge >= 0.3 is 0 Å². The summed E-state index contributed by atoms with van der Waals surface area (Å²) in [5, 5.41) is 7.75. The highest BCUT2D eigenvalue weighted by molar-refractivity contribution is 7.27. The number of unbranched alkanes of at least 4 members (excludes halogenated alkanes) is 3. The van der Waals surface area contributed by atoms with Gasteiger partial charge in [-0.25, -0.2) is 0 Å².